The van der Waals surface area contributed by atoms with Crippen LogP contribution in [0.15, 0.2) is 0 Å². The molecule has 0 heterocycles. The maximum Gasteiger partial charge on any atom is 0.165 e. The molecule has 0 atom stereocenters. The van der Waals surface area contributed by atoms with Crippen LogP contribution in [0.25, 0.3) is 0 Å². The summed E-state index contributed by atoms with van der Waals surface area (Å²) in [5.74, 6) is -0.771. The van der Waals surface area contributed by atoms with Crippen LogP contribution >= 0.6 is 0 Å². The SMILES string of the molecule is CCOC1(O)CCCCC1. The van der Waals surface area contributed by atoms with E-state index in [1.165, 1.54) is 6.42 Å². The minimum absolute atomic E-state index is 0.622. The molecule has 1 aliphatic rings. The molecule has 1 saturated carbocycles. The van der Waals surface area contributed by atoms with E-state index in [4.69, 9.17) is 4.74 Å². The summed E-state index contributed by atoms with van der Waals surface area (Å²) >= 11 is 0. The van der Waals surface area contributed by atoms with Crippen molar-refractivity contribution >= 4 is 0 Å². The van der Waals surface area contributed by atoms with E-state index in [0.717, 1.165) is 25.7 Å². The van der Waals surface area contributed by atoms with Crippen LogP contribution in [0.3, 0.4) is 0 Å². The molecule has 0 aromatic heterocycles. The minimum atomic E-state index is -0.771. The highest BCUT2D eigenvalue weighted by molar-refractivity contribution is 4.72. The van der Waals surface area contributed by atoms with Gasteiger partial charge in [-0.25, -0.2) is 0 Å². The lowest BCUT2D eigenvalue weighted by atomic mass is 9.94. The molecule has 2 nitrogen and oxygen atoms in total. The Morgan fingerprint density at radius 2 is 1.90 bits per heavy atom. The second-order valence-corrected chi connectivity index (χ2v) is 2.94. The Morgan fingerprint density at radius 3 is 2.40 bits per heavy atom. The summed E-state index contributed by atoms with van der Waals surface area (Å²) in [5.41, 5.74) is 0. The van der Waals surface area contributed by atoms with Gasteiger partial charge < -0.3 is 9.84 Å². The Balaban J connectivity index is 2.32. The van der Waals surface area contributed by atoms with Crippen molar-refractivity contribution in [2.75, 3.05) is 6.61 Å². The molecule has 2 heteroatoms. The van der Waals surface area contributed by atoms with Crippen LogP contribution in [-0.2, 0) is 4.74 Å². The first-order valence-electron chi connectivity index (χ1n) is 4.13. The molecule has 0 aliphatic heterocycles. The largest absolute Gasteiger partial charge is 0.365 e. The molecule has 0 spiro atoms. The summed E-state index contributed by atoms with van der Waals surface area (Å²) in [6.07, 6.45) is 5.10. The van der Waals surface area contributed by atoms with Gasteiger partial charge in [0.05, 0.1) is 0 Å². The van der Waals surface area contributed by atoms with E-state index in [2.05, 4.69) is 0 Å². The van der Waals surface area contributed by atoms with Gasteiger partial charge in [-0.05, 0) is 19.8 Å². The van der Waals surface area contributed by atoms with Crippen LogP contribution in [0.4, 0.5) is 0 Å². The molecule has 0 aromatic rings. The van der Waals surface area contributed by atoms with Crippen molar-refractivity contribution in [1.82, 2.24) is 0 Å². The zero-order valence-electron chi connectivity index (χ0n) is 6.60. The summed E-state index contributed by atoms with van der Waals surface area (Å²) in [6, 6.07) is 0. The molecule has 1 aliphatic carbocycles. The van der Waals surface area contributed by atoms with Gasteiger partial charge in [-0.1, -0.05) is 6.42 Å². The Kier molecular flexibility index (Phi) is 2.69. The van der Waals surface area contributed by atoms with Crippen LogP contribution < -0.4 is 0 Å². The Labute approximate surface area is 62.2 Å². The minimum Gasteiger partial charge on any atom is -0.365 e. The fourth-order valence-electron chi connectivity index (χ4n) is 1.52. The summed E-state index contributed by atoms with van der Waals surface area (Å²) in [4.78, 5) is 0. The molecular formula is C8H16O2. The normalized spacial score (nSPS) is 24.6. The van der Waals surface area contributed by atoms with Crippen LogP contribution in [0, 0.1) is 0 Å². The van der Waals surface area contributed by atoms with E-state index < -0.39 is 5.79 Å². The molecule has 0 bridgehead atoms. The summed E-state index contributed by atoms with van der Waals surface area (Å²) in [6.45, 7) is 2.54. The third-order valence-corrected chi connectivity index (χ3v) is 2.05. The van der Waals surface area contributed by atoms with Crippen LogP contribution in [0.1, 0.15) is 39.0 Å². The van der Waals surface area contributed by atoms with E-state index in [1.807, 2.05) is 6.92 Å². The first kappa shape index (κ1) is 8.02. The number of hydrogen-bond donors (Lipinski definition) is 1. The molecule has 1 N–H and O–H groups in total. The van der Waals surface area contributed by atoms with Crippen molar-refractivity contribution in [3.05, 3.63) is 0 Å². The number of ether oxygens (including phenoxy) is 1. The van der Waals surface area contributed by atoms with Crippen molar-refractivity contribution in [2.45, 2.75) is 44.8 Å². The van der Waals surface area contributed by atoms with Gasteiger partial charge in [0.1, 0.15) is 0 Å². The summed E-state index contributed by atoms with van der Waals surface area (Å²) in [7, 11) is 0. The fourth-order valence-corrected chi connectivity index (χ4v) is 1.52. The predicted molar refractivity (Wildman–Crippen MR) is 39.7 cm³/mol. The maximum atomic E-state index is 9.65. The highest BCUT2D eigenvalue weighted by atomic mass is 16.6. The molecule has 10 heavy (non-hydrogen) atoms. The molecule has 0 radical (unpaired) electrons. The van der Waals surface area contributed by atoms with E-state index in [9.17, 15) is 5.11 Å². The molecule has 60 valence electrons. The van der Waals surface area contributed by atoms with Gasteiger partial charge in [0, 0.05) is 19.4 Å². The zero-order valence-corrected chi connectivity index (χ0v) is 6.60. The van der Waals surface area contributed by atoms with Crippen LogP contribution in [0.2, 0.25) is 0 Å². The summed E-state index contributed by atoms with van der Waals surface area (Å²) < 4.78 is 5.23. The Morgan fingerprint density at radius 1 is 1.30 bits per heavy atom. The predicted octanol–water partition coefficient (Wildman–Crippen LogP) is 1.68. The average Bonchev–Trinajstić information content (AvgIpc) is 1.89. The zero-order chi connectivity index (χ0) is 7.45. The second-order valence-electron chi connectivity index (χ2n) is 2.94. The average molecular weight is 144 g/mol. The Hall–Kier alpha value is -0.0800. The molecule has 1 rings (SSSR count). The highest BCUT2D eigenvalue weighted by Crippen LogP contribution is 2.28. The number of aliphatic hydroxyl groups is 1. The van der Waals surface area contributed by atoms with Crippen LogP contribution in [0.5, 0.6) is 0 Å². The maximum absolute atomic E-state index is 9.65. The monoisotopic (exact) mass is 144 g/mol. The second kappa shape index (κ2) is 3.35. The van der Waals surface area contributed by atoms with Gasteiger partial charge in [-0.15, -0.1) is 0 Å². The smallest absolute Gasteiger partial charge is 0.165 e. The van der Waals surface area contributed by atoms with Crippen molar-refractivity contribution in [1.29, 1.82) is 0 Å². The topological polar surface area (TPSA) is 29.5 Å². The molecule has 0 aromatic carbocycles. The lowest BCUT2D eigenvalue weighted by Gasteiger charge is -2.31. The van der Waals surface area contributed by atoms with Crippen LogP contribution in [-0.4, -0.2) is 17.5 Å². The van der Waals surface area contributed by atoms with Gasteiger partial charge in [-0.3, -0.25) is 0 Å². The molecule has 1 fully saturated rings. The molecule has 0 amide bonds. The first-order valence-corrected chi connectivity index (χ1v) is 4.13. The molecule has 0 saturated heterocycles. The Bertz CT molecular complexity index is 89.9. The van der Waals surface area contributed by atoms with E-state index in [0.29, 0.717) is 6.61 Å². The third kappa shape index (κ3) is 1.96. The first-order chi connectivity index (χ1) is 4.77. The molecular weight excluding hydrogens is 128 g/mol. The molecule has 0 unspecified atom stereocenters. The van der Waals surface area contributed by atoms with Gasteiger partial charge in [0.25, 0.3) is 0 Å². The number of rotatable bonds is 2. The van der Waals surface area contributed by atoms with Gasteiger partial charge in [0.15, 0.2) is 5.79 Å². The van der Waals surface area contributed by atoms with Crippen molar-refractivity contribution in [3.8, 4) is 0 Å². The third-order valence-electron chi connectivity index (χ3n) is 2.05. The van der Waals surface area contributed by atoms with E-state index >= 15 is 0 Å². The quantitative estimate of drug-likeness (QED) is 0.597. The standard InChI is InChI=1S/C8H16O2/c1-2-10-8(9)6-4-3-5-7-8/h9H,2-7H2,1H3. The fraction of sp³-hybridized carbons (Fsp3) is 1.00. The van der Waals surface area contributed by atoms with E-state index in [1.54, 1.807) is 0 Å². The van der Waals surface area contributed by atoms with Crippen molar-refractivity contribution in [2.24, 2.45) is 0 Å². The van der Waals surface area contributed by atoms with Gasteiger partial charge in [0.2, 0.25) is 0 Å². The van der Waals surface area contributed by atoms with Crippen molar-refractivity contribution < 1.29 is 9.84 Å². The van der Waals surface area contributed by atoms with E-state index in [-0.39, 0.29) is 0 Å². The lowest BCUT2D eigenvalue weighted by Crippen LogP contribution is -2.34. The van der Waals surface area contributed by atoms with Gasteiger partial charge in [-0.2, -0.15) is 0 Å². The van der Waals surface area contributed by atoms with Crippen molar-refractivity contribution in [3.63, 3.8) is 0 Å². The lowest BCUT2D eigenvalue weighted by molar-refractivity contribution is -0.217. The highest BCUT2D eigenvalue weighted by Gasteiger charge is 2.28. The van der Waals surface area contributed by atoms with Gasteiger partial charge >= 0.3 is 0 Å². The summed E-state index contributed by atoms with van der Waals surface area (Å²) in [5, 5.41) is 9.65. The number of hydrogen-bond acceptors (Lipinski definition) is 2.